The second-order valence-corrected chi connectivity index (χ2v) is 4.43. The Hall–Kier alpha value is -0.170. The fourth-order valence-corrected chi connectivity index (χ4v) is 1.93. The van der Waals surface area contributed by atoms with E-state index in [9.17, 15) is 8.42 Å². The van der Waals surface area contributed by atoms with Gasteiger partial charge in [-0.05, 0) is 0 Å². The van der Waals surface area contributed by atoms with Crippen molar-refractivity contribution >= 4 is 10.0 Å². The molecule has 1 aliphatic heterocycles. The molecular formula is C5H11NO4S. The van der Waals surface area contributed by atoms with Crippen LogP contribution in [0.2, 0.25) is 0 Å². The van der Waals surface area contributed by atoms with Crippen molar-refractivity contribution in [3.05, 3.63) is 0 Å². The van der Waals surface area contributed by atoms with Crippen molar-refractivity contribution in [2.75, 3.05) is 26.2 Å². The molecule has 0 radical (unpaired) electrons. The van der Waals surface area contributed by atoms with Crippen LogP contribution in [0.25, 0.3) is 0 Å². The van der Waals surface area contributed by atoms with Crippen LogP contribution in [0, 0.1) is 0 Å². The molecule has 0 aromatic heterocycles. The first kappa shape index (κ1) is 8.92. The molecule has 0 spiro atoms. The van der Waals surface area contributed by atoms with E-state index in [0.717, 1.165) is 4.31 Å². The predicted molar refractivity (Wildman–Crippen MR) is 38.4 cm³/mol. The van der Waals surface area contributed by atoms with E-state index < -0.39 is 16.1 Å². The molecule has 1 rings (SSSR count). The van der Waals surface area contributed by atoms with Crippen molar-refractivity contribution in [1.82, 2.24) is 4.31 Å². The minimum absolute atomic E-state index is 0.199. The molecule has 6 heteroatoms. The second kappa shape index (κ2) is 3.06. The van der Waals surface area contributed by atoms with Crippen LogP contribution in [0.1, 0.15) is 0 Å². The highest BCUT2D eigenvalue weighted by molar-refractivity contribution is 7.88. The standard InChI is InChI=1S/C5H11NO4S/c1-6-5(2-7)3-10-4-11(6,8)9/h5,7H,2-4H2,1H3/t5-/m1/s1. The molecule has 1 aliphatic rings. The third kappa shape index (κ3) is 1.70. The van der Waals surface area contributed by atoms with Gasteiger partial charge >= 0.3 is 0 Å². The lowest BCUT2D eigenvalue weighted by Crippen LogP contribution is -2.48. The summed E-state index contributed by atoms with van der Waals surface area (Å²) in [6.45, 7) is 0.0714. The highest BCUT2D eigenvalue weighted by Crippen LogP contribution is 2.11. The van der Waals surface area contributed by atoms with E-state index in [4.69, 9.17) is 9.84 Å². The number of hydrogen-bond acceptors (Lipinski definition) is 4. The van der Waals surface area contributed by atoms with Crippen LogP contribution in [0.15, 0.2) is 0 Å². The third-order valence-corrected chi connectivity index (χ3v) is 3.35. The van der Waals surface area contributed by atoms with Gasteiger partial charge in [0, 0.05) is 7.05 Å². The molecule has 11 heavy (non-hydrogen) atoms. The SMILES string of the molecule is CN1[C@H](CO)COCS1(=O)=O. The van der Waals surface area contributed by atoms with Crippen LogP contribution in [0.5, 0.6) is 0 Å². The summed E-state index contributed by atoms with van der Waals surface area (Å²) in [5, 5.41) is 8.71. The van der Waals surface area contributed by atoms with Crippen LogP contribution < -0.4 is 0 Å². The van der Waals surface area contributed by atoms with E-state index in [1.807, 2.05) is 0 Å². The largest absolute Gasteiger partial charge is 0.395 e. The lowest BCUT2D eigenvalue weighted by molar-refractivity contribution is 0.0666. The zero-order valence-corrected chi connectivity index (χ0v) is 7.04. The maximum Gasteiger partial charge on any atom is 0.238 e. The molecule has 0 saturated carbocycles. The zero-order chi connectivity index (χ0) is 8.48. The van der Waals surface area contributed by atoms with Gasteiger partial charge in [0.15, 0.2) is 5.94 Å². The van der Waals surface area contributed by atoms with Crippen molar-refractivity contribution < 1.29 is 18.3 Å². The molecule has 0 aliphatic carbocycles. The number of sulfonamides is 1. The highest BCUT2D eigenvalue weighted by Gasteiger charge is 2.30. The lowest BCUT2D eigenvalue weighted by Gasteiger charge is -2.30. The van der Waals surface area contributed by atoms with Gasteiger partial charge in [0.05, 0.1) is 19.3 Å². The molecule has 66 valence electrons. The molecule has 1 N–H and O–H groups in total. The predicted octanol–water partition coefficient (Wildman–Crippen LogP) is -1.40. The monoisotopic (exact) mass is 181 g/mol. The summed E-state index contributed by atoms with van der Waals surface area (Å²) in [6, 6.07) is -0.422. The summed E-state index contributed by atoms with van der Waals surface area (Å²) in [6.07, 6.45) is 0. The molecule has 0 amide bonds. The van der Waals surface area contributed by atoms with Crippen LogP contribution in [0.4, 0.5) is 0 Å². The van der Waals surface area contributed by atoms with Crippen molar-refractivity contribution in [3.63, 3.8) is 0 Å². The Bertz CT molecular complexity index is 225. The molecule has 1 fully saturated rings. The fraction of sp³-hybridized carbons (Fsp3) is 1.00. The lowest BCUT2D eigenvalue weighted by atomic mass is 10.3. The maximum absolute atomic E-state index is 11.0. The Morgan fingerprint density at radius 2 is 2.36 bits per heavy atom. The number of nitrogens with zero attached hydrogens (tertiary/aromatic N) is 1. The molecule has 1 heterocycles. The van der Waals surface area contributed by atoms with Gasteiger partial charge in [-0.15, -0.1) is 0 Å². The number of aliphatic hydroxyl groups excluding tert-OH is 1. The van der Waals surface area contributed by atoms with E-state index in [2.05, 4.69) is 0 Å². The van der Waals surface area contributed by atoms with Crippen molar-refractivity contribution in [2.24, 2.45) is 0 Å². The van der Waals surface area contributed by atoms with Gasteiger partial charge in [-0.1, -0.05) is 0 Å². The summed E-state index contributed by atoms with van der Waals surface area (Å²) < 4.78 is 28.0. The van der Waals surface area contributed by atoms with E-state index >= 15 is 0 Å². The van der Waals surface area contributed by atoms with E-state index in [1.165, 1.54) is 7.05 Å². The van der Waals surface area contributed by atoms with E-state index in [0.29, 0.717) is 0 Å². The average molecular weight is 181 g/mol. The summed E-state index contributed by atoms with van der Waals surface area (Å²) in [7, 11) is -1.83. The average Bonchev–Trinajstić information content (AvgIpc) is 1.95. The molecular weight excluding hydrogens is 170 g/mol. The van der Waals surface area contributed by atoms with Gasteiger partial charge in [0.25, 0.3) is 0 Å². The summed E-state index contributed by atoms with van der Waals surface area (Å²) in [5.41, 5.74) is 0. The fourth-order valence-electron chi connectivity index (χ4n) is 0.872. The summed E-state index contributed by atoms with van der Waals surface area (Å²) in [4.78, 5) is 0. The summed E-state index contributed by atoms with van der Waals surface area (Å²) >= 11 is 0. The minimum Gasteiger partial charge on any atom is -0.395 e. The third-order valence-electron chi connectivity index (χ3n) is 1.71. The maximum atomic E-state index is 11.0. The van der Waals surface area contributed by atoms with Crippen LogP contribution in [-0.4, -0.2) is 50.1 Å². The Kier molecular flexibility index (Phi) is 2.48. The second-order valence-electron chi connectivity index (χ2n) is 2.45. The van der Waals surface area contributed by atoms with Crippen LogP contribution in [0.3, 0.4) is 0 Å². The molecule has 1 atom stereocenters. The zero-order valence-electron chi connectivity index (χ0n) is 6.23. The van der Waals surface area contributed by atoms with E-state index in [1.54, 1.807) is 0 Å². The number of hydrogen-bond donors (Lipinski definition) is 1. The van der Waals surface area contributed by atoms with Crippen molar-refractivity contribution in [2.45, 2.75) is 6.04 Å². The first-order valence-electron chi connectivity index (χ1n) is 3.22. The van der Waals surface area contributed by atoms with Gasteiger partial charge in [0.1, 0.15) is 0 Å². The topological polar surface area (TPSA) is 66.8 Å². The minimum atomic E-state index is -3.27. The Balaban J connectivity index is 2.76. The van der Waals surface area contributed by atoms with Crippen LogP contribution in [-0.2, 0) is 14.8 Å². The van der Waals surface area contributed by atoms with Crippen molar-refractivity contribution in [3.8, 4) is 0 Å². The normalized spacial score (nSPS) is 32.0. The number of aliphatic hydroxyl groups is 1. The molecule has 0 aromatic carbocycles. The molecule has 5 nitrogen and oxygen atoms in total. The Morgan fingerprint density at radius 3 is 2.82 bits per heavy atom. The molecule has 0 bridgehead atoms. The van der Waals surface area contributed by atoms with Crippen molar-refractivity contribution in [1.29, 1.82) is 0 Å². The highest BCUT2D eigenvalue weighted by atomic mass is 32.2. The molecule has 1 saturated heterocycles. The quantitative estimate of drug-likeness (QED) is 0.540. The van der Waals surface area contributed by atoms with Gasteiger partial charge in [0.2, 0.25) is 10.0 Å². The Morgan fingerprint density at radius 1 is 1.73 bits per heavy atom. The van der Waals surface area contributed by atoms with Gasteiger partial charge in [-0.3, -0.25) is 0 Å². The first-order valence-corrected chi connectivity index (χ1v) is 4.83. The summed E-state index contributed by atoms with van der Waals surface area (Å²) in [5.74, 6) is -0.278. The van der Waals surface area contributed by atoms with Gasteiger partial charge < -0.3 is 9.84 Å². The smallest absolute Gasteiger partial charge is 0.238 e. The Labute approximate surface area is 65.6 Å². The number of ether oxygens (including phenoxy) is 1. The van der Waals surface area contributed by atoms with Gasteiger partial charge in [-0.25, -0.2) is 8.42 Å². The molecule has 0 unspecified atom stereocenters. The number of likely N-dealkylation sites (N-methyl/N-ethyl adjacent to an activating group) is 1. The van der Waals surface area contributed by atoms with Gasteiger partial charge in [-0.2, -0.15) is 4.31 Å². The van der Waals surface area contributed by atoms with Crippen LogP contribution >= 0.6 is 0 Å². The molecule has 0 aromatic rings. The first-order chi connectivity index (χ1) is 5.08. The van der Waals surface area contributed by atoms with E-state index in [-0.39, 0.29) is 19.2 Å². The number of rotatable bonds is 1.